The predicted octanol–water partition coefficient (Wildman–Crippen LogP) is 1.80. The van der Waals surface area contributed by atoms with Crippen LogP contribution in [-0.2, 0) is 4.79 Å². The van der Waals surface area contributed by atoms with Gasteiger partial charge >= 0.3 is 0 Å². The van der Waals surface area contributed by atoms with Crippen LogP contribution in [0, 0.1) is 0 Å². The van der Waals surface area contributed by atoms with Crippen LogP contribution in [0.3, 0.4) is 0 Å². The number of rotatable bonds is 4. The number of aromatic nitrogens is 3. The Labute approximate surface area is 150 Å². The maximum atomic E-state index is 12.6. The molecule has 1 fully saturated rings. The fourth-order valence-electron chi connectivity index (χ4n) is 3.03. The Kier molecular flexibility index (Phi) is 4.18. The van der Waals surface area contributed by atoms with Gasteiger partial charge in [-0.25, -0.2) is 9.97 Å². The molecule has 4 rings (SSSR count). The second-order valence-electron chi connectivity index (χ2n) is 6.09. The van der Waals surface area contributed by atoms with Crippen molar-refractivity contribution in [2.24, 2.45) is 0 Å². The third kappa shape index (κ3) is 3.19. The van der Waals surface area contributed by atoms with E-state index in [2.05, 4.69) is 15.3 Å². The maximum Gasteiger partial charge on any atom is 0.251 e. The van der Waals surface area contributed by atoms with Crippen LogP contribution in [-0.4, -0.2) is 38.9 Å². The summed E-state index contributed by atoms with van der Waals surface area (Å²) in [5.41, 5.74) is 1.34. The summed E-state index contributed by atoms with van der Waals surface area (Å²) in [5, 5.41) is 2.94. The SMILES string of the molecule is O=C(N[C@H]1CC(=O)N(c2ccccc2)C1)c1ccnc(-n2ccnc2)c1. The molecule has 1 aromatic carbocycles. The van der Waals surface area contributed by atoms with Gasteiger partial charge in [-0.3, -0.25) is 14.2 Å². The predicted molar refractivity (Wildman–Crippen MR) is 96.0 cm³/mol. The largest absolute Gasteiger partial charge is 0.347 e. The van der Waals surface area contributed by atoms with Crippen molar-refractivity contribution < 1.29 is 9.59 Å². The van der Waals surface area contributed by atoms with Crippen molar-refractivity contribution in [2.45, 2.75) is 12.5 Å². The lowest BCUT2D eigenvalue weighted by molar-refractivity contribution is -0.117. The van der Waals surface area contributed by atoms with Crippen molar-refractivity contribution >= 4 is 17.5 Å². The van der Waals surface area contributed by atoms with Gasteiger partial charge in [-0.1, -0.05) is 18.2 Å². The molecule has 1 atom stereocenters. The molecule has 7 heteroatoms. The summed E-state index contributed by atoms with van der Waals surface area (Å²) in [5.74, 6) is 0.403. The van der Waals surface area contributed by atoms with E-state index in [1.54, 1.807) is 46.5 Å². The summed E-state index contributed by atoms with van der Waals surface area (Å²) in [4.78, 5) is 34.8. The second kappa shape index (κ2) is 6.79. The van der Waals surface area contributed by atoms with E-state index in [0.29, 0.717) is 24.3 Å². The Morgan fingerprint density at radius 1 is 1.15 bits per heavy atom. The number of carbonyl (C=O) groups is 2. The Bertz CT molecular complexity index is 924. The smallest absolute Gasteiger partial charge is 0.251 e. The fourth-order valence-corrected chi connectivity index (χ4v) is 3.03. The van der Waals surface area contributed by atoms with Gasteiger partial charge in [0.05, 0.1) is 6.04 Å². The molecule has 130 valence electrons. The van der Waals surface area contributed by atoms with Gasteiger partial charge < -0.3 is 10.2 Å². The van der Waals surface area contributed by atoms with Gasteiger partial charge in [0, 0.05) is 42.8 Å². The first-order valence-corrected chi connectivity index (χ1v) is 8.31. The molecule has 0 radical (unpaired) electrons. The minimum Gasteiger partial charge on any atom is -0.347 e. The van der Waals surface area contributed by atoms with Gasteiger partial charge in [0.1, 0.15) is 12.1 Å². The van der Waals surface area contributed by atoms with Crippen LogP contribution in [0.5, 0.6) is 0 Å². The molecule has 2 aromatic heterocycles. The number of imidazole rings is 1. The standard InChI is InChI=1S/C19H17N5O2/c25-18-11-15(12-24(18)16-4-2-1-3-5-16)22-19(26)14-6-7-21-17(10-14)23-9-8-20-13-23/h1-10,13,15H,11-12H2,(H,22,26)/t15-/m0/s1. The van der Waals surface area contributed by atoms with E-state index in [9.17, 15) is 9.59 Å². The van der Waals surface area contributed by atoms with Crippen molar-refractivity contribution in [2.75, 3.05) is 11.4 Å². The fraction of sp³-hybridized carbons (Fsp3) is 0.158. The number of benzene rings is 1. The molecular weight excluding hydrogens is 330 g/mol. The van der Waals surface area contributed by atoms with E-state index < -0.39 is 0 Å². The quantitative estimate of drug-likeness (QED) is 0.780. The molecule has 0 aliphatic carbocycles. The summed E-state index contributed by atoms with van der Waals surface area (Å²) in [7, 11) is 0. The zero-order valence-corrected chi connectivity index (χ0v) is 13.9. The van der Waals surface area contributed by atoms with Gasteiger partial charge in [0.2, 0.25) is 5.91 Å². The van der Waals surface area contributed by atoms with Crippen molar-refractivity contribution in [3.63, 3.8) is 0 Å². The number of para-hydroxylation sites is 1. The molecular formula is C19H17N5O2. The molecule has 3 aromatic rings. The van der Waals surface area contributed by atoms with E-state index in [1.807, 2.05) is 30.3 Å². The average Bonchev–Trinajstić information content (AvgIpc) is 3.32. The number of nitrogens with zero attached hydrogens (tertiary/aromatic N) is 4. The minimum atomic E-state index is -0.222. The van der Waals surface area contributed by atoms with Crippen LogP contribution in [0.1, 0.15) is 16.8 Å². The van der Waals surface area contributed by atoms with Crippen LogP contribution in [0.25, 0.3) is 5.82 Å². The number of anilines is 1. The van der Waals surface area contributed by atoms with Gasteiger partial charge in [-0.05, 0) is 24.3 Å². The summed E-state index contributed by atoms with van der Waals surface area (Å²) < 4.78 is 1.73. The molecule has 1 aliphatic rings. The molecule has 1 N–H and O–H groups in total. The van der Waals surface area contributed by atoms with Crippen LogP contribution >= 0.6 is 0 Å². The monoisotopic (exact) mass is 347 g/mol. The summed E-state index contributed by atoms with van der Waals surface area (Å²) in [6.45, 7) is 0.466. The van der Waals surface area contributed by atoms with Crippen LogP contribution < -0.4 is 10.2 Å². The number of nitrogens with one attached hydrogen (secondary N) is 1. The van der Waals surface area contributed by atoms with Gasteiger partial charge in [0.25, 0.3) is 5.91 Å². The lowest BCUT2D eigenvalue weighted by Gasteiger charge is -2.17. The van der Waals surface area contributed by atoms with E-state index in [1.165, 1.54) is 0 Å². The first-order chi connectivity index (χ1) is 12.7. The third-order valence-corrected chi connectivity index (χ3v) is 4.30. The van der Waals surface area contributed by atoms with Crippen molar-refractivity contribution in [3.05, 3.63) is 72.9 Å². The van der Waals surface area contributed by atoms with E-state index in [-0.39, 0.29) is 17.9 Å². The minimum absolute atomic E-state index is 0.00957. The highest BCUT2D eigenvalue weighted by Gasteiger charge is 2.31. The molecule has 1 aliphatic heterocycles. The third-order valence-electron chi connectivity index (χ3n) is 4.30. The average molecular weight is 347 g/mol. The molecule has 3 heterocycles. The van der Waals surface area contributed by atoms with Crippen LogP contribution in [0.2, 0.25) is 0 Å². The lowest BCUT2D eigenvalue weighted by Crippen LogP contribution is -2.37. The second-order valence-corrected chi connectivity index (χ2v) is 6.09. The normalized spacial score (nSPS) is 16.7. The number of pyridine rings is 1. The molecule has 0 spiro atoms. The lowest BCUT2D eigenvalue weighted by atomic mass is 10.2. The maximum absolute atomic E-state index is 12.6. The first-order valence-electron chi connectivity index (χ1n) is 8.31. The topological polar surface area (TPSA) is 80.1 Å². The highest BCUT2D eigenvalue weighted by molar-refractivity contribution is 5.99. The number of hydrogen-bond donors (Lipinski definition) is 1. The van der Waals surface area contributed by atoms with Crippen molar-refractivity contribution in [3.8, 4) is 5.82 Å². The van der Waals surface area contributed by atoms with Gasteiger partial charge in [-0.2, -0.15) is 0 Å². The van der Waals surface area contributed by atoms with Gasteiger partial charge in [-0.15, -0.1) is 0 Å². The Balaban J connectivity index is 1.46. The number of carbonyl (C=O) groups excluding carboxylic acids is 2. The molecule has 26 heavy (non-hydrogen) atoms. The molecule has 1 saturated heterocycles. The molecule has 0 unspecified atom stereocenters. The molecule has 0 saturated carbocycles. The molecule has 7 nitrogen and oxygen atoms in total. The van der Waals surface area contributed by atoms with Crippen molar-refractivity contribution in [1.29, 1.82) is 0 Å². The highest BCUT2D eigenvalue weighted by Crippen LogP contribution is 2.21. The van der Waals surface area contributed by atoms with E-state index in [0.717, 1.165) is 5.69 Å². The molecule has 2 amide bonds. The van der Waals surface area contributed by atoms with Crippen LogP contribution in [0.4, 0.5) is 5.69 Å². The van der Waals surface area contributed by atoms with E-state index in [4.69, 9.17) is 0 Å². The Morgan fingerprint density at radius 3 is 2.77 bits per heavy atom. The Morgan fingerprint density at radius 2 is 2.00 bits per heavy atom. The van der Waals surface area contributed by atoms with Gasteiger partial charge in [0.15, 0.2) is 0 Å². The zero-order chi connectivity index (χ0) is 17.9. The summed E-state index contributed by atoms with van der Waals surface area (Å²) in [6.07, 6.45) is 6.91. The zero-order valence-electron chi connectivity index (χ0n) is 13.9. The molecule has 0 bridgehead atoms. The number of amides is 2. The van der Waals surface area contributed by atoms with Crippen molar-refractivity contribution in [1.82, 2.24) is 19.9 Å². The first kappa shape index (κ1) is 16.0. The summed E-state index contributed by atoms with van der Waals surface area (Å²) >= 11 is 0. The number of hydrogen-bond acceptors (Lipinski definition) is 4. The Hall–Kier alpha value is -3.48. The van der Waals surface area contributed by atoms with Crippen LogP contribution in [0.15, 0.2) is 67.4 Å². The van der Waals surface area contributed by atoms with E-state index >= 15 is 0 Å². The highest BCUT2D eigenvalue weighted by atomic mass is 16.2. The summed E-state index contributed by atoms with van der Waals surface area (Å²) in [6, 6.07) is 12.6.